The molecule has 2 N–H and O–H groups in total. The molecular weight excluding hydrogens is 530 g/mol. The predicted octanol–water partition coefficient (Wildman–Crippen LogP) is 2.93. The molecule has 0 aliphatic carbocycles. The number of hydrogen-bond acceptors (Lipinski definition) is 6. The van der Waals surface area contributed by atoms with E-state index >= 15 is 0 Å². The molecule has 1 aromatic carbocycles. The zero-order valence-electron chi connectivity index (χ0n) is 20.0. The van der Waals surface area contributed by atoms with Gasteiger partial charge in [-0.3, -0.25) is 14.9 Å². The Morgan fingerprint density at radius 2 is 1.49 bits per heavy atom. The van der Waals surface area contributed by atoms with Gasteiger partial charge in [0, 0.05) is 51.4 Å². The third-order valence-corrected chi connectivity index (χ3v) is 9.51. The second kappa shape index (κ2) is 11.3. The van der Waals surface area contributed by atoms with E-state index in [-0.39, 0.29) is 52.1 Å². The van der Waals surface area contributed by atoms with Gasteiger partial charge >= 0.3 is 12.4 Å². The van der Waals surface area contributed by atoms with Crippen molar-refractivity contribution in [3.63, 3.8) is 0 Å². The van der Waals surface area contributed by atoms with E-state index in [9.17, 15) is 44.8 Å². The number of carbonyl (C=O) groups excluding carboxylic acids is 1. The van der Waals surface area contributed by atoms with Crippen molar-refractivity contribution in [1.82, 2.24) is 14.7 Å². The van der Waals surface area contributed by atoms with Gasteiger partial charge in [0.25, 0.3) is 5.91 Å². The number of benzene rings is 1. The molecular formula is C22H30F6N4O4S. The maximum absolute atomic E-state index is 13.5. The molecule has 2 fully saturated rings. The molecule has 8 nitrogen and oxygen atoms in total. The van der Waals surface area contributed by atoms with Gasteiger partial charge in [0.2, 0.25) is 10.0 Å². The van der Waals surface area contributed by atoms with Crippen LogP contribution in [0, 0.1) is 0 Å². The second-order valence-corrected chi connectivity index (χ2v) is 11.6. The fourth-order valence-corrected chi connectivity index (χ4v) is 6.95. The SMILES string of the molecule is O=C(NO)C1(S(=O)(=O)N2CCN(c3ccc(CCCC(F)(F)F)cc3)CC2)CCN(CC(F)(F)F)CC1. The van der Waals surface area contributed by atoms with Crippen LogP contribution >= 0.6 is 0 Å². The normalized spacial score (nSPS) is 20.1. The van der Waals surface area contributed by atoms with Gasteiger partial charge in [-0.05, 0) is 43.4 Å². The third-order valence-electron chi connectivity index (χ3n) is 6.88. The van der Waals surface area contributed by atoms with Crippen LogP contribution in [0.25, 0.3) is 0 Å². The summed E-state index contributed by atoms with van der Waals surface area (Å²) in [6.07, 6.45) is -10.0. The van der Waals surface area contributed by atoms with Crippen LogP contribution in [0.2, 0.25) is 0 Å². The quantitative estimate of drug-likeness (QED) is 0.289. The van der Waals surface area contributed by atoms with Gasteiger partial charge in [0.15, 0.2) is 4.75 Å². The maximum Gasteiger partial charge on any atom is 0.401 e. The third kappa shape index (κ3) is 7.27. The van der Waals surface area contributed by atoms with Crippen molar-refractivity contribution in [3.05, 3.63) is 29.8 Å². The van der Waals surface area contributed by atoms with Crippen molar-refractivity contribution in [2.24, 2.45) is 0 Å². The Hall–Kier alpha value is -2.10. The zero-order chi connectivity index (χ0) is 27.5. The Morgan fingerprint density at radius 1 is 0.919 bits per heavy atom. The van der Waals surface area contributed by atoms with E-state index in [2.05, 4.69) is 0 Å². The summed E-state index contributed by atoms with van der Waals surface area (Å²) in [6.45, 7) is -1.20. The number of carbonyl (C=O) groups is 1. The van der Waals surface area contributed by atoms with Gasteiger partial charge in [-0.25, -0.2) is 13.9 Å². The fourth-order valence-electron chi connectivity index (χ4n) is 4.83. The van der Waals surface area contributed by atoms with Gasteiger partial charge in [-0.1, -0.05) is 12.1 Å². The van der Waals surface area contributed by atoms with Gasteiger partial charge in [-0.15, -0.1) is 0 Å². The van der Waals surface area contributed by atoms with Gasteiger partial charge in [0.1, 0.15) is 0 Å². The van der Waals surface area contributed by atoms with Crippen molar-refractivity contribution < 1.29 is 44.8 Å². The molecule has 3 rings (SSSR count). The first-order valence-electron chi connectivity index (χ1n) is 11.8. The lowest BCUT2D eigenvalue weighted by atomic mass is 9.95. The van der Waals surface area contributed by atoms with E-state index in [0.717, 1.165) is 20.5 Å². The smallest absolute Gasteiger partial charge is 0.369 e. The van der Waals surface area contributed by atoms with Gasteiger partial charge in [-0.2, -0.15) is 30.6 Å². The summed E-state index contributed by atoms with van der Waals surface area (Å²) < 4.78 is 101. The van der Waals surface area contributed by atoms with E-state index in [4.69, 9.17) is 0 Å². The molecule has 210 valence electrons. The topological polar surface area (TPSA) is 93.2 Å². The second-order valence-electron chi connectivity index (χ2n) is 9.35. The number of halogens is 6. The Labute approximate surface area is 211 Å². The van der Waals surface area contributed by atoms with Crippen molar-refractivity contribution >= 4 is 21.6 Å². The average Bonchev–Trinajstić information content (AvgIpc) is 2.83. The number of rotatable bonds is 8. The number of piperidine rings is 1. The zero-order valence-corrected chi connectivity index (χ0v) is 20.8. The van der Waals surface area contributed by atoms with Crippen LogP contribution in [-0.4, -0.2) is 91.7 Å². The minimum atomic E-state index is -4.46. The van der Waals surface area contributed by atoms with E-state index in [0.29, 0.717) is 0 Å². The van der Waals surface area contributed by atoms with Crippen molar-refractivity contribution in [2.75, 3.05) is 50.7 Å². The Bertz CT molecular complexity index is 1020. The fraction of sp³-hybridized carbons (Fsp3) is 0.682. The molecule has 15 heteroatoms. The molecule has 0 aromatic heterocycles. The van der Waals surface area contributed by atoms with E-state index < -0.39 is 58.8 Å². The summed E-state index contributed by atoms with van der Waals surface area (Å²) in [5, 5.41) is 9.23. The lowest BCUT2D eigenvalue weighted by Crippen LogP contribution is -2.64. The number of likely N-dealkylation sites (tertiary alicyclic amines) is 1. The molecule has 2 aliphatic heterocycles. The summed E-state index contributed by atoms with van der Waals surface area (Å²) in [5.41, 5.74) is 2.90. The molecule has 0 saturated carbocycles. The van der Waals surface area contributed by atoms with Crippen LogP contribution in [0.1, 0.15) is 31.2 Å². The summed E-state index contributed by atoms with van der Waals surface area (Å²) in [5.74, 6) is -1.16. The monoisotopic (exact) mass is 560 g/mol. The average molecular weight is 561 g/mol. The molecule has 1 aromatic rings. The molecule has 37 heavy (non-hydrogen) atoms. The minimum absolute atomic E-state index is 0.0163. The summed E-state index contributed by atoms with van der Waals surface area (Å²) in [4.78, 5) is 15.5. The molecule has 2 heterocycles. The highest BCUT2D eigenvalue weighted by Crippen LogP contribution is 2.35. The van der Waals surface area contributed by atoms with Crippen LogP contribution in [0.4, 0.5) is 32.0 Å². The molecule has 1 amide bonds. The van der Waals surface area contributed by atoms with E-state index in [1.807, 2.05) is 4.90 Å². The number of piperazine rings is 1. The van der Waals surface area contributed by atoms with Crippen molar-refractivity contribution in [1.29, 1.82) is 0 Å². The number of anilines is 1. The standard InChI is InChI=1S/C22H30F6N4O4S/c23-21(24,25)7-1-2-17-3-5-18(6-4-17)31-12-14-32(15-13-31)37(35,36)20(19(33)29-34)8-10-30(11-9-20)16-22(26,27)28/h3-6,34H,1-2,7-16H2,(H,29,33). The number of hydrogen-bond donors (Lipinski definition) is 2. The minimum Gasteiger partial charge on any atom is -0.369 e. The highest BCUT2D eigenvalue weighted by atomic mass is 32.2. The first-order chi connectivity index (χ1) is 17.2. The molecule has 0 bridgehead atoms. The van der Waals surface area contributed by atoms with E-state index in [1.165, 1.54) is 5.48 Å². The number of nitrogens with zero attached hydrogens (tertiary/aromatic N) is 3. The highest BCUT2D eigenvalue weighted by Gasteiger charge is 2.55. The Morgan fingerprint density at radius 3 is 1.97 bits per heavy atom. The summed E-state index contributed by atoms with van der Waals surface area (Å²) in [7, 11) is -4.33. The number of aryl methyl sites for hydroxylation is 1. The number of amides is 1. The van der Waals surface area contributed by atoms with Crippen LogP contribution in [0.3, 0.4) is 0 Å². The molecule has 0 unspecified atom stereocenters. The number of hydroxylamine groups is 1. The van der Waals surface area contributed by atoms with Gasteiger partial charge < -0.3 is 4.90 Å². The van der Waals surface area contributed by atoms with E-state index in [1.54, 1.807) is 24.3 Å². The molecule has 2 saturated heterocycles. The largest absolute Gasteiger partial charge is 0.401 e. The number of alkyl halides is 6. The van der Waals surface area contributed by atoms with Crippen LogP contribution in [0.5, 0.6) is 0 Å². The van der Waals surface area contributed by atoms with Crippen molar-refractivity contribution in [2.45, 2.75) is 49.2 Å². The lowest BCUT2D eigenvalue weighted by Gasteiger charge is -2.44. The highest BCUT2D eigenvalue weighted by molar-refractivity contribution is 7.91. The first kappa shape index (κ1) is 29.5. The van der Waals surface area contributed by atoms with Crippen molar-refractivity contribution in [3.8, 4) is 0 Å². The first-order valence-corrected chi connectivity index (χ1v) is 13.2. The summed E-state index contributed by atoms with van der Waals surface area (Å²) in [6, 6.07) is 6.96. The van der Waals surface area contributed by atoms with Crippen LogP contribution in [0.15, 0.2) is 24.3 Å². The Kier molecular flexibility index (Phi) is 9.02. The van der Waals surface area contributed by atoms with Crippen LogP contribution < -0.4 is 10.4 Å². The lowest BCUT2D eigenvalue weighted by molar-refractivity contribution is -0.150. The number of nitrogens with one attached hydrogen (secondary N) is 1. The number of sulfonamides is 1. The molecule has 0 spiro atoms. The van der Waals surface area contributed by atoms with Gasteiger partial charge in [0.05, 0.1) is 6.54 Å². The molecule has 0 atom stereocenters. The van der Waals surface area contributed by atoms with Crippen LogP contribution in [-0.2, 0) is 21.2 Å². The summed E-state index contributed by atoms with van der Waals surface area (Å²) >= 11 is 0. The molecule has 0 radical (unpaired) electrons. The maximum atomic E-state index is 13.5. The Balaban J connectivity index is 1.62. The predicted molar refractivity (Wildman–Crippen MR) is 123 cm³/mol. The molecule has 2 aliphatic rings.